The molecule has 20 heavy (non-hydrogen) atoms. The first-order valence-corrected chi connectivity index (χ1v) is 8.48. The maximum Gasteiger partial charge on any atom is 0.474 e. The van der Waals surface area contributed by atoms with Crippen LogP contribution in [0.5, 0.6) is 0 Å². The van der Waals surface area contributed by atoms with E-state index in [1.807, 2.05) is 13.8 Å². The number of nitrogens with one attached hydrogen (secondary N) is 1. The van der Waals surface area contributed by atoms with E-state index >= 15 is 0 Å². The Morgan fingerprint density at radius 3 is 2.15 bits per heavy atom. The molecule has 1 amide bonds. The fraction of sp³-hybridized carbons (Fsp3) is 0.769. The van der Waals surface area contributed by atoms with E-state index in [2.05, 4.69) is 11.9 Å². The Hall–Kier alpha value is -0.680. The molecule has 0 radical (unpaired) electrons. The number of phosphoric ester groups is 1. The monoisotopic (exact) mass is 307 g/mol. The minimum Gasteiger partial charge on any atom is -0.353 e. The van der Waals surface area contributed by atoms with Gasteiger partial charge in [0.15, 0.2) is 0 Å². The van der Waals surface area contributed by atoms with Gasteiger partial charge >= 0.3 is 7.82 Å². The molecule has 0 atom stereocenters. The van der Waals surface area contributed by atoms with Gasteiger partial charge in [0, 0.05) is 6.54 Å². The van der Waals surface area contributed by atoms with Gasteiger partial charge in [0.1, 0.15) is 0 Å². The molecular formula is C13H26NO5P. The van der Waals surface area contributed by atoms with Crippen LogP contribution in [0, 0.1) is 0 Å². The molecule has 0 unspecified atom stereocenters. The maximum atomic E-state index is 12.2. The first-order chi connectivity index (χ1) is 9.58. The fourth-order valence-electron chi connectivity index (χ4n) is 1.21. The Morgan fingerprint density at radius 2 is 1.65 bits per heavy atom. The SMILES string of the molecule is C=CC(=O)NCCCCOP(=O)(OCCC)OCCC. The average molecular weight is 307 g/mol. The van der Waals surface area contributed by atoms with Crippen LogP contribution in [0.25, 0.3) is 0 Å². The van der Waals surface area contributed by atoms with E-state index in [4.69, 9.17) is 13.6 Å². The van der Waals surface area contributed by atoms with Crippen LogP contribution < -0.4 is 5.32 Å². The summed E-state index contributed by atoms with van der Waals surface area (Å²) in [7, 11) is -3.43. The van der Waals surface area contributed by atoms with Crippen LogP contribution in [-0.2, 0) is 22.9 Å². The van der Waals surface area contributed by atoms with Gasteiger partial charge in [0.25, 0.3) is 0 Å². The molecule has 7 heteroatoms. The number of rotatable bonds is 13. The van der Waals surface area contributed by atoms with E-state index in [0.29, 0.717) is 26.2 Å². The molecule has 0 heterocycles. The van der Waals surface area contributed by atoms with Crippen molar-refractivity contribution in [2.75, 3.05) is 26.4 Å². The standard InChI is InChI=1S/C13H26NO5P/c1-4-10-17-20(16,18-11-5-2)19-12-8-7-9-14-13(15)6-3/h6H,3-5,7-12H2,1-2H3,(H,14,15). The topological polar surface area (TPSA) is 73.9 Å². The summed E-state index contributed by atoms with van der Waals surface area (Å²) in [5, 5.41) is 2.65. The zero-order chi connectivity index (χ0) is 15.3. The summed E-state index contributed by atoms with van der Waals surface area (Å²) < 4.78 is 27.8. The second-order valence-electron chi connectivity index (χ2n) is 4.15. The van der Waals surface area contributed by atoms with Gasteiger partial charge in [-0.1, -0.05) is 20.4 Å². The van der Waals surface area contributed by atoms with Gasteiger partial charge < -0.3 is 5.32 Å². The Labute approximate surface area is 121 Å². The second kappa shape index (κ2) is 12.1. The molecule has 0 aliphatic rings. The van der Waals surface area contributed by atoms with E-state index < -0.39 is 7.82 Å². The van der Waals surface area contributed by atoms with E-state index in [1.165, 1.54) is 6.08 Å². The van der Waals surface area contributed by atoms with Crippen molar-refractivity contribution in [1.29, 1.82) is 0 Å². The number of carbonyl (C=O) groups is 1. The van der Waals surface area contributed by atoms with Gasteiger partial charge in [0.05, 0.1) is 19.8 Å². The third-order valence-electron chi connectivity index (χ3n) is 2.21. The average Bonchev–Trinajstić information content (AvgIpc) is 2.46. The molecule has 0 aromatic carbocycles. The summed E-state index contributed by atoms with van der Waals surface area (Å²) in [4.78, 5) is 10.9. The molecule has 0 aromatic heterocycles. The van der Waals surface area contributed by atoms with Crippen molar-refractivity contribution in [2.45, 2.75) is 39.5 Å². The largest absolute Gasteiger partial charge is 0.474 e. The smallest absolute Gasteiger partial charge is 0.353 e. The van der Waals surface area contributed by atoms with Crippen molar-refractivity contribution in [3.05, 3.63) is 12.7 Å². The molecule has 118 valence electrons. The van der Waals surface area contributed by atoms with Crippen LogP contribution in [0.3, 0.4) is 0 Å². The van der Waals surface area contributed by atoms with Crippen molar-refractivity contribution in [2.24, 2.45) is 0 Å². The summed E-state index contributed by atoms with van der Waals surface area (Å²) in [6.07, 6.45) is 4.10. The molecule has 0 aliphatic heterocycles. The zero-order valence-corrected chi connectivity index (χ0v) is 13.3. The lowest BCUT2D eigenvalue weighted by Gasteiger charge is -2.17. The zero-order valence-electron chi connectivity index (χ0n) is 12.4. The van der Waals surface area contributed by atoms with Gasteiger partial charge in [-0.3, -0.25) is 18.4 Å². The molecule has 0 rings (SSSR count). The number of hydrogen-bond donors (Lipinski definition) is 1. The predicted octanol–water partition coefficient (Wildman–Crippen LogP) is 3.05. The first kappa shape index (κ1) is 19.3. The third-order valence-corrected chi connectivity index (χ3v) is 3.71. The molecule has 0 spiro atoms. The third kappa shape index (κ3) is 10.1. The summed E-state index contributed by atoms with van der Waals surface area (Å²) in [6, 6.07) is 0. The van der Waals surface area contributed by atoms with Crippen molar-refractivity contribution < 1.29 is 22.9 Å². The maximum absolute atomic E-state index is 12.2. The van der Waals surface area contributed by atoms with Crippen molar-refractivity contribution in [3.63, 3.8) is 0 Å². The highest BCUT2D eigenvalue weighted by molar-refractivity contribution is 7.48. The van der Waals surface area contributed by atoms with E-state index in [9.17, 15) is 9.36 Å². The molecule has 0 fully saturated rings. The molecule has 0 aromatic rings. The Morgan fingerprint density at radius 1 is 1.10 bits per heavy atom. The van der Waals surface area contributed by atoms with Gasteiger partial charge in [0.2, 0.25) is 5.91 Å². The Kier molecular flexibility index (Phi) is 11.7. The highest BCUT2D eigenvalue weighted by Crippen LogP contribution is 2.49. The normalized spacial score (nSPS) is 11.3. The van der Waals surface area contributed by atoms with E-state index in [1.54, 1.807) is 0 Å². The lowest BCUT2D eigenvalue weighted by atomic mass is 10.3. The number of amides is 1. The number of hydrogen-bond acceptors (Lipinski definition) is 5. The summed E-state index contributed by atoms with van der Waals surface area (Å²) in [5.41, 5.74) is 0. The number of unbranched alkanes of at least 4 members (excludes halogenated alkanes) is 1. The number of carbonyl (C=O) groups excluding carboxylic acids is 1. The predicted molar refractivity (Wildman–Crippen MR) is 78.5 cm³/mol. The van der Waals surface area contributed by atoms with Gasteiger partial charge in [-0.05, 0) is 31.8 Å². The van der Waals surface area contributed by atoms with Gasteiger partial charge in [-0.2, -0.15) is 0 Å². The molecule has 6 nitrogen and oxygen atoms in total. The highest BCUT2D eigenvalue weighted by atomic mass is 31.2. The first-order valence-electron chi connectivity index (χ1n) is 7.02. The molecule has 0 saturated carbocycles. The van der Waals surface area contributed by atoms with Crippen LogP contribution in [-0.4, -0.2) is 32.3 Å². The van der Waals surface area contributed by atoms with E-state index in [0.717, 1.165) is 19.3 Å². The van der Waals surface area contributed by atoms with Crippen LogP contribution >= 0.6 is 7.82 Å². The molecule has 0 bridgehead atoms. The lowest BCUT2D eigenvalue weighted by molar-refractivity contribution is -0.116. The minimum absolute atomic E-state index is 0.200. The lowest BCUT2D eigenvalue weighted by Crippen LogP contribution is -2.22. The Balaban J connectivity index is 3.86. The van der Waals surface area contributed by atoms with Crippen molar-refractivity contribution in [1.82, 2.24) is 5.32 Å². The van der Waals surface area contributed by atoms with Gasteiger partial charge in [-0.25, -0.2) is 4.57 Å². The molecule has 1 N–H and O–H groups in total. The van der Waals surface area contributed by atoms with Crippen LogP contribution in [0.1, 0.15) is 39.5 Å². The molecule has 0 aliphatic carbocycles. The fourth-order valence-corrected chi connectivity index (χ4v) is 2.59. The van der Waals surface area contributed by atoms with Crippen molar-refractivity contribution in [3.8, 4) is 0 Å². The van der Waals surface area contributed by atoms with Crippen molar-refractivity contribution >= 4 is 13.7 Å². The van der Waals surface area contributed by atoms with Crippen LogP contribution in [0.2, 0.25) is 0 Å². The quantitative estimate of drug-likeness (QED) is 0.321. The second-order valence-corrected chi connectivity index (χ2v) is 5.82. The summed E-state index contributed by atoms with van der Waals surface area (Å²) in [5.74, 6) is -0.200. The summed E-state index contributed by atoms with van der Waals surface area (Å²) >= 11 is 0. The van der Waals surface area contributed by atoms with Crippen LogP contribution in [0.15, 0.2) is 12.7 Å². The molecular weight excluding hydrogens is 281 g/mol. The van der Waals surface area contributed by atoms with Crippen LogP contribution in [0.4, 0.5) is 0 Å². The highest BCUT2D eigenvalue weighted by Gasteiger charge is 2.25. The molecule has 0 saturated heterocycles. The summed E-state index contributed by atoms with van der Waals surface area (Å²) in [6.45, 7) is 8.70. The number of phosphoric acid groups is 1. The van der Waals surface area contributed by atoms with E-state index in [-0.39, 0.29) is 12.5 Å². The minimum atomic E-state index is -3.43. The Bertz CT molecular complexity index is 310. The van der Waals surface area contributed by atoms with Gasteiger partial charge in [-0.15, -0.1) is 0 Å².